The van der Waals surface area contributed by atoms with Crippen LogP contribution in [-0.2, 0) is 0 Å². The third-order valence-electron chi connectivity index (χ3n) is 3.04. The maximum absolute atomic E-state index is 13.1. The first-order valence-corrected chi connectivity index (χ1v) is 6.49. The van der Waals surface area contributed by atoms with Gasteiger partial charge < -0.3 is 15.3 Å². The van der Waals surface area contributed by atoms with E-state index in [-0.39, 0.29) is 11.6 Å². The van der Waals surface area contributed by atoms with Gasteiger partial charge in [0.25, 0.3) is 0 Å². The Bertz CT molecular complexity index is 433. The van der Waals surface area contributed by atoms with Gasteiger partial charge in [-0.3, -0.25) is 0 Å². The molecule has 0 radical (unpaired) electrons. The molecule has 0 saturated heterocycles. The van der Waals surface area contributed by atoms with Crippen molar-refractivity contribution >= 4 is 11.7 Å². The third kappa shape index (κ3) is 4.52. The van der Waals surface area contributed by atoms with Crippen molar-refractivity contribution in [2.24, 2.45) is 0 Å². The number of halogens is 1. The number of aromatic carboxylic acids is 1. The number of hydrogen-bond donors (Lipinski definition) is 2. The minimum Gasteiger partial charge on any atom is -0.478 e. The minimum absolute atomic E-state index is 0.0357. The van der Waals surface area contributed by atoms with Crippen LogP contribution in [0.2, 0.25) is 0 Å². The normalized spacial score (nSPS) is 12.5. The Balaban J connectivity index is 2.78. The molecule has 0 amide bonds. The number of likely N-dealkylation sites (N-methyl/N-ethyl adjacent to an activating group) is 1. The molecule has 0 heterocycles. The van der Waals surface area contributed by atoms with Gasteiger partial charge in [-0.2, -0.15) is 0 Å². The standard InChI is InChI=1S/C14H21FN2O2/c1-4-17(5-2)9-10(3)16-13-7-6-11(15)8-12(13)14(18)19/h6-8,10,16H,4-5,9H2,1-3H3,(H,18,19). The lowest BCUT2D eigenvalue weighted by atomic mass is 10.1. The predicted molar refractivity (Wildman–Crippen MR) is 74.2 cm³/mol. The van der Waals surface area contributed by atoms with Crippen LogP contribution < -0.4 is 5.32 Å². The van der Waals surface area contributed by atoms with Crippen LogP contribution in [0.25, 0.3) is 0 Å². The van der Waals surface area contributed by atoms with E-state index in [0.717, 1.165) is 25.7 Å². The molecule has 1 aromatic carbocycles. The van der Waals surface area contributed by atoms with Crippen LogP contribution in [0.4, 0.5) is 10.1 Å². The van der Waals surface area contributed by atoms with Gasteiger partial charge in [0.15, 0.2) is 0 Å². The number of carboxylic acids is 1. The summed E-state index contributed by atoms with van der Waals surface area (Å²) in [6, 6.07) is 3.86. The van der Waals surface area contributed by atoms with Crippen molar-refractivity contribution in [1.82, 2.24) is 4.90 Å². The third-order valence-corrected chi connectivity index (χ3v) is 3.04. The number of rotatable bonds is 7. The molecule has 1 aromatic rings. The molecule has 1 rings (SSSR count). The van der Waals surface area contributed by atoms with Crippen molar-refractivity contribution in [3.63, 3.8) is 0 Å². The summed E-state index contributed by atoms with van der Waals surface area (Å²) in [4.78, 5) is 13.3. The van der Waals surface area contributed by atoms with Gasteiger partial charge in [-0.05, 0) is 38.2 Å². The summed E-state index contributed by atoms with van der Waals surface area (Å²) in [7, 11) is 0. The number of anilines is 1. The zero-order valence-electron chi connectivity index (χ0n) is 11.6. The van der Waals surface area contributed by atoms with Crippen molar-refractivity contribution in [3.05, 3.63) is 29.6 Å². The maximum atomic E-state index is 13.1. The second-order valence-electron chi connectivity index (χ2n) is 4.53. The SMILES string of the molecule is CCN(CC)CC(C)Nc1ccc(F)cc1C(=O)O. The molecule has 106 valence electrons. The second-order valence-corrected chi connectivity index (χ2v) is 4.53. The highest BCUT2D eigenvalue weighted by atomic mass is 19.1. The lowest BCUT2D eigenvalue weighted by Crippen LogP contribution is -2.35. The van der Waals surface area contributed by atoms with E-state index in [4.69, 9.17) is 5.11 Å². The molecular weight excluding hydrogens is 247 g/mol. The first-order valence-electron chi connectivity index (χ1n) is 6.49. The Morgan fingerprint density at radius 3 is 2.58 bits per heavy atom. The van der Waals surface area contributed by atoms with Gasteiger partial charge >= 0.3 is 5.97 Å². The van der Waals surface area contributed by atoms with Crippen molar-refractivity contribution in [2.45, 2.75) is 26.8 Å². The van der Waals surface area contributed by atoms with Gasteiger partial charge in [-0.15, -0.1) is 0 Å². The van der Waals surface area contributed by atoms with E-state index in [1.54, 1.807) is 0 Å². The number of carbonyl (C=O) groups is 1. The molecule has 0 saturated carbocycles. The number of nitrogens with zero attached hydrogens (tertiary/aromatic N) is 1. The number of benzene rings is 1. The first kappa shape index (κ1) is 15.4. The molecule has 0 spiro atoms. The molecule has 1 atom stereocenters. The van der Waals surface area contributed by atoms with E-state index in [1.807, 2.05) is 6.92 Å². The molecular formula is C14H21FN2O2. The minimum atomic E-state index is -1.13. The van der Waals surface area contributed by atoms with Crippen molar-refractivity contribution in [3.8, 4) is 0 Å². The molecule has 1 unspecified atom stereocenters. The summed E-state index contributed by atoms with van der Waals surface area (Å²) in [5.74, 6) is -1.67. The summed E-state index contributed by atoms with van der Waals surface area (Å²) in [6.07, 6.45) is 0. The number of carboxylic acid groups (broad SMARTS) is 1. The smallest absolute Gasteiger partial charge is 0.337 e. The van der Waals surface area contributed by atoms with Crippen LogP contribution >= 0.6 is 0 Å². The Kier molecular flexibility index (Phi) is 5.76. The van der Waals surface area contributed by atoms with Gasteiger partial charge in [0, 0.05) is 18.3 Å². The highest BCUT2D eigenvalue weighted by molar-refractivity contribution is 5.94. The fourth-order valence-corrected chi connectivity index (χ4v) is 2.00. The van der Waals surface area contributed by atoms with Crippen LogP contribution in [0, 0.1) is 5.82 Å². The average molecular weight is 268 g/mol. The zero-order chi connectivity index (χ0) is 14.4. The molecule has 4 nitrogen and oxygen atoms in total. The van der Waals surface area contributed by atoms with E-state index < -0.39 is 11.8 Å². The lowest BCUT2D eigenvalue weighted by Gasteiger charge is -2.24. The summed E-state index contributed by atoms with van der Waals surface area (Å²) in [6.45, 7) is 8.83. The molecule has 0 bridgehead atoms. The Hall–Kier alpha value is -1.62. The number of hydrogen-bond acceptors (Lipinski definition) is 3. The Morgan fingerprint density at radius 1 is 1.42 bits per heavy atom. The molecule has 0 fully saturated rings. The average Bonchev–Trinajstić information content (AvgIpc) is 2.37. The molecule has 19 heavy (non-hydrogen) atoms. The van der Waals surface area contributed by atoms with E-state index in [0.29, 0.717) is 5.69 Å². The largest absolute Gasteiger partial charge is 0.478 e. The van der Waals surface area contributed by atoms with Crippen LogP contribution in [0.5, 0.6) is 0 Å². The van der Waals surface area contributed by atoms with Crippen LogP contribution in [0.3, 0.4) is 0 Å². The van der Waals surface area contributed by atoms with E-state index >= 15 is 0 Å². The van der Waals surface area contributed by atoms with E-state index in [9.17, 15) is 9.18 Å². The van der Waals surface area contributed by atoms with Crippen LogP contribution in [0.15, 0.2) is 18.2 Å². The van der Waals surface area contributed by atoms with Crippen LogP contribution in [0.1, 0.15) is 31.1 Å². The van der Waals surface area contributed by atoms with Crippen molar-refractivity contribution in [2.75, 3.05) is 25.0 Å². The molecule has 0 aromatic heterocycles. The van der Waals surface area contributed by atoms with Gasteiger partial charge in [0.05, 0.1) is 5.56 Å². The van der Waals surface area contributed by atoms with E-state index in [1.165, 1.54) is 12.1 Å². The summed E-state index contributed by atoms with van der Waals surface area (Å²) < 4.78 is 13.1. The summed E-state index contributed by atoms with van der Waals surface area (Å²) in [5.41, 5.74) is 0.417. The molecule has 0 aliphatic carbocycles. The van der Waals surface area contributed by atoms with E-state index in [2.05, 4.69) is 24.1 Å². The number of nitrogens with one attached hydrogen (secondary N) is 1. The van der Waals surface area contributed by atoms with Gasteiger partial charge in [0.1, 0.15) is 5.82 Å². The molecule has 5 heteroatoms. The second kappa shape index (κ2) is 7.09. The lowest BCUT2D eigenvalue weighted by molar-refractivity contribution is 0.0697. The first-order chi connectivity index (χ1) is 8.97. The zero-order valence-corrected chi connectivity index (χ0v) is 11.6. The molecule has 2 N–H and O–H groups in total. The quantitative estimate of drug-likeness (QED) is 0.798. The summed E-state index contributed by atoms with van der Waals surface area (Å²) in [5, 5.41) is 12.2. The maximum Gasteiger partial charge on any atom is 0.337 e. The van der Waals surface area contributed by atoms with Gasteiger partial charge in [-0.1, -0.05) is 13.8 Å². The highest BCUT2D eigenvalue weighted by Crippen LogP contribution is 2.18. The highest BCUT2D eigenvalue weighted by Gasteiger charge is 2.14. The van der Waals surface area contributed by atoms with Crippen molar-refractivity contribution in [1.29, 1.82) is 0 Å². The monoisotopic (exact) mass is 268 g/mol. The summed E-state index contributed by atoms with van der Waals surface area (Å²) >= 11 is 0. The topological polar surface area (TPSA) is 52.6 Å². The Labute approximate surface area is 113 Å². The van der Waals surface area contributed by atoms with Crippen molar-refractivity contribution < 1.29 is 14.3 Å². The van der Waals surface area contributed by atoms with Gasteiger partial charge in [-0.25, -0.2) is 9.18 Å². The Morgan fingerprint density at radius 2 is 2.05 bits per heavy atom. The molecule has 0 aliphatic heterocycles. The van der Waals surface area contributed by atoms with Crippen LogP contribution in [-0.4, -0.2) is 41.7 Å². The van der Waals surface area contributed by atoms with Gasteiger partial charge in [0.2, 0.25) is 0 Å². The fraction of sp³-hybridized carbons (Fsp3) is 0.500. The predicted octanol–water partition coefficient (Wildman–Crippen LogP) is 2.67. The molecule has 0 aliphatic rings. The fourth-order valence-electron chi connectivity index (χ4n) is 2.00.